The van der Waals surface area contributed by atoms with Crippen molar-refractivity contribution in [3.05, 3.63) is 59.2 Å². The lowest BCUT2D eigenvalue weighted by Gasteiger charge is -2.34. The number of benzene rings is 2. The molecule has 1 N–H and O–H groups in total. The summed E-state index contributed by atoms with van der Waals surface area (Å²) in [6.07, 6.45) is 1.03. The van der Waals surface area contributed by atoms with Crippen LogP contribution in [0.1, 0.15) is 29.0 Å². The summed E-state index contributed by atoms with van der Waals surface area (Å²) in [5.41, 5.74) is 2.95. The van der Waals surface area contributed by atoms with Crippen LogP contribution in [0.25, 0.3) is 0 Å². The molecule has 0 spiro atoms. The van der Waals surface area contributed by atoms with E-state index in [-0.39, 0.29) is 17.7 Å². The van der Waals surface area contributed by atoms with Crippen LogP contribution in [0.3, 0.4) is 0 Å². The predicted molar refractivity (Wildman–Crippen MR) is 103 cm³/mol. The molecule has 2 aromatic carbocycles. The molecule has 3 atom stereocenters. The first kappa shape index (κ1) is 18.3. The molecule has 2 aromatic rings. The fraction of sp³-hybridized carbons (Fsp3) is 0.364. The maximum absolute atomic E-state index is 13.2. The van der Waals surface area contributed by atoms with Crippen LogP contribution in [-0.2, 0) is 22.6 Å². The number of nitrogens with zero attached hydrogens (tertiary/aromatic N) is 1. The number of hydrogen-bond acceptors (Lipinski definition) is 4. The summed E-state index contributed by atoms with van der Waals surface area (Å²) in [5.74, 6) is 0.164. The second kappa shape index (κ2) is 7.19. The van der Waals surface area contributed by atoms with Gasteiger partial charge in [-0.25, -0.2) is 4.79 Å². The van der Waals surface area contributed by atoms with Gasteiger partial charge < -0.3 is 19.5 Å². The number of fused-ring (bicyclic) bond motifs is 1. The number of amides is 1. The normalized spacial score (nSPS) is 22.9. The Morgan fingerprint density at radius 1 is 1.07 bits per heavy atom. The smallest absolute Gasteiger partial charge is 0.326 e. The van der Waals surface area contributed by atoms with Gasteiger partial charge in [-0.15, -0.1) is 0 Å². The van der Waals surface area contributed by atoms with Crippen molar-refractivity contribution >= 4 is 11.9 Å². The van der Waals surface area contributed by atoms with E-state index in [4.69, 9.17) is 9.47 Å². The lowest BCUT2D eigenvalue weighted by molar-refractivity contribution is -0.152. The van der Waals surface area contributed by atoms with Gasteiger partial charge in [0, 0.05) is 30.4 Å². The van der Waals surface area contributed by atoms with Crippen molar-refractivity contribution in [2.75, 3.05) is 14.2 Å². The highest BCUT2D eigenvalue weighted by molar-refractivity contribution is 5.88. The Balaban J connectivity index is 1.58. The van der Waals surface area contributed by atoms with E-state index in [1.807, 2.05) is 42.5 Å². The number of methoxy groups -OCH3 is 2. The first-order valence-electron chi connectivity index (χ1n) is 9.35. The fourth-order valence-corrected chi connectivity index (χ4v) is 4.13. The van der Waals surface area contributed by atoms with Gasteiger partial charge in [0.2, 0.25) is 5.91 Å². The summed E-state index contributed by atoms with van der Waals surface area (Å²) in [6.45, 7) is 0.338. The minimum absolute atomic E-state index is 0.0177. The molecule has 1 fully saturated rings. The van der Waals surface area contributed by atoms with E-state index in [1.165, 1.54) is 4.90 Å². The number of carboxylic acids is 1. The average Bonchev–Trinajstić information content (AvgIpc) is 3.52. The first-order chi connectivity index (χ1) is 13.5. The molecule has 4 rings (SSSR count). The van der Waals surface area contributed by atoms with Crippen LogP contribution in [0.5, 0.6) is 11.5 Å². The van der Waals surface area contributed by atoms with Gasteiger partial charge in [-0.05, 0) is 35.7 Å². The van der Waals surface area contributed by atoms with Crippen molar-refractivity contribution in [3.8, 4) is 11.5 Å². The van der Waals surface area contributed by atoms with Crippen molar-refractivity contribution in [3.63, 3.8) is 0 Å². The molecule has 146 valence electrons. The third-order valence-corrected chi connectivity index (χ3v) is 5.76. The second-order valence-electron chi connectivity index (χ2n) is 7.35. The van der Waals surface area contributed by atoms with Crippen LogP contribution in [0.2, 0.25) is 0 Å². The number of carboxylic acid groups (broad SMARTS) is 1. The van der Waals surface area contributed by atoms with Crippen LogP contribution < -0.4 is 9.47 Å². The van der Waals surface area contributed by atoms with E-state index >= 15 is 0 Å². The minimum atomic E-state index is -0.959. The number of ether oxygens (including phenoxy) is 2. The van der Waals surface area contributed by atoms with Crippen LogP contribution >= 0.6 is 0 Å². The average molecular weight is 381 g/mol. The highest BCUT2D eigenvalue weighted by Crippen LogP contribution is 2.52. The van der Waals surface area contributed by atoms with Crippen LogP contribution in [0.15, 0.2) is 42.5 Å². The molecule has 6 nitrogen and oxygen atoms in total. The third-order valence-electron chi connectivity index (χ3n) is 5.76. The molecule has 1 heterocycles. The van der Waals surface area contributed by atoms with Gasteiger partial charge >= 0.3 is 5.97 Å². The molecule has 1 aliphatic heterocycles. The summed E-state index contributed by atoms with van der Waals surface area (Å²) in [7, 11) is 3.20. The maximum Gasteiger partial charge on any atom is 0.326 e. The van der Waals surface area contributed by atoms with E-state index in [0.717, 1.165) is 22.4 Å². The third kappa shape index (κ3) is 3.19. The second-order valence-corrected chi connectivity index (χ2v) is 7.35. The Labute approximate surface area is 163 Å². The number of carbonyl (C=O) groups excluding carboxylic acids is 1. The number of carbonyl (C=O) groups is 2. The van der Waals surface area contributed by atoms with Crippen LogP contribution in [0, 0.1) is 5.92 Å². The summed E-state index contributed by atoms with van der Waals surface area (Å²) in [4.78, 5) is 26.6. The summed E-state index contributed by atoms with van der Waals surface area (Å²) < 4.78 is 10.8. The predicted octanol–water partition coefficient (Wildman–Crippen LogP) is 2.85. The Hall–Kier alpha value is -3.02. The summed E-state index contributed by atoms with van der Waals surface area (Å²) in [6, 6.07) is 12.5. The highest BCUT2D eigenvalue weighted by Gasteiger charge is 2.49. The fourth-order valence-electron chi connectivity index (χ4n) is 4.13. The molecular weight excluding hydrogens is 358 g/mol. The summed E-state index contributed by atoms with van der Waals surface area (Å²) in [5, 5.41) is 9.69. The van der Waals surface area contributed by atoms with Gasteiger partial charge in [-0.3, -0.25) is 4.79 Å². The van der Waals surface area contributed by atoms with Crippen LogP contribution in [0.4, 0.5) is 0 Å². The Morgan fingerprint density at radius 2 is 1.82 bits per heavy atom. The van der Waals surface area contributed by atoms with Gasteiger partial charge in [0.05, 0.1) is 14.2 Å². The van der Waals surface area contributed by atoms with Gasteiger partial charge in [0.1, 0.15) is 17.5 Å². The molecule has 2 aliphatic rings. The zero-order chi connectivity index (χ0) is 19.8. The quantitative estimate of drug-likeness (QED) is 0.862. The maximum atomic E-state index is 13.2. The topological polar surface area (TPSA) is 76.1 Å². The largest absolute Gasteiger partial charge is 0.497 e. The molecule has 1 amide bonds. The van der Waals surface area contributed by atoms with E-state index in [9.17, 15) is 14.7 Å². The molecule has 6 heteroatoms. The van der Waals surface area contributed by atoms with Crippen molar-refractivity contribution in [2.45, 2.75) is 31.3 Å². The molecule has 3 unspecified atom stereocenters. The van der Waals surface area contributed by atoms with E-state index < -0.39 is 12.0 Å². The SMILES string of the molecule is COc1ccc(OC)c(C2CC2C(=O)N2Cc3ccccc3CC2C(=O)O)c1. The Kier molecular flexibility index (Phi) is 4.71. The Bertz CT molecular complexity index is 925. The van der Waals surface area contributed by atoms with Gasteiger partial charge in [-0.1, -0.05) is 24.3 Å². The lowest BCUT2D eigenvalue weighted by atomic mass is 9.93. The Morgan fingerprint density at radius 3 is 2.50 bits per heavy atom. The molecule has 1 aliphatic carbocycles. The zero-order valence-electron chi connectivity index (χ0n) is 15.9. The molecule has 1 saturated carbocycles. The summed E-state index contributed by atoms with van der Waals surface area (Å²) >= 11 is 0. The van der Waals surface area contributed by atoms with Crippen molar-refractivity contribution in [1.29, 1.82) is 0 Å². The molecule has 0 aromatic heterocycles. The molecule has 0 radical (unpaired) electrons. The van der Waals surface area contributed by atoms with E-state index in [1.54, 1.807) is 14.2 Å². The molecule has 0 saturated heterocycles. The lowest BCUT2D eigenvalue weighted by Crippen LogP contribution is -2.49. The van der Waals surface area contributed by atoms with Crippen molar-refractivity contribution < 1.29 is 24.2 Å². The van der Waals surface area contributed by atoms with E-state index in [0.29, 0.717) is 25.1 Å². The van der Waals surface area contributed by atoms with Crippen molar-refractivity contribution in [1.82, 2.24) is 4.90 Å². The molecular formula is C22H23NO5. The van der Waals surface area contributed by atoms with Gasteiger partial charge in [0.25, 0.3) is 0 Å². The monoisotopic (exact) mass is 381 g/mol. The van der Waals surface area contributed by atoms with Crippen LogP contribution in [-0.4, -0.2) is 42.1 Å². The van der Waals surface area contributed by atoms with Gasteiger partial charge in [0.15, 0.2) is 0 Å². The number of hydrogen-bond donors (Lipinski definition) is 1. The first-order valence-corrected chi connectivity index (χ1v) is 9.35. The molecule has 28 heavy (non-hydrogen) atoms. The molecule has 0 bridgehead atoms. The minimum Gasteiger partial charge on any atom is -0.497 e. The highest BCUT2D eigenvalue weighted by atomic mass is 16.5. The number of rotatable bonds is 5. The van der Waals surface area contributed by atoms with E-state index in [2.05, 4.69) is 0 Å². The zero-order valence-corrected chi connectivity index (χ0v) is 15.9. The van der Waals surface area contributed by atoms with Gasteiger partial charge in [-0.2, -0.15) is 0 Å². The number of aliphatic carboxylic acids is 1. The van der Waals surface area contributed by atoms with Crippen molar-refractivity contribution in [2.24, 2.45) is 5.92 Å². The standard InChI is InChI=1S/C22H23NO5/c1-27-15-7-8-20(28-2)17(10-15)16-11-18(16)21(24)23-12-14-6-4-3-5-13(14)9-19(23)22(25)26/h3-8,10,16,18-19H,9,11-12H2,1-2H3,(H,25,26).